The molecular weight excluding hydrogens is 404 g/mol. The van der Waals surface area contributed by atoms with Gasteiger partial charge in [-0.3, -0.25) is 9.59 Å². The van der Waals surface area contributed by atoms with Crippen molar-refractivity contribution in [1.29, 1.82) is 0 Å². The Morgan fingerprint density at radius 2 is 1.68 bits per heavy atom. The molecule has 0 spiro atoms. The lowest BCUT2D eigenvalue weighted by Gasteiger charge is -2.24. The average Bonchev–Trinajstić information content (AvgIpc) is 3.15. The van der Waals surface area contributed by atoms with E-state index in [1.54, 1.807) is 6.07 Å². The molecule has 5 rings (SSSR count). The Kier molecular flexibility index (Phi) is 4.91. The predicted molar refractivity (Wildman–Crippen MR) is 125 cm³/mol. The van der Waals surface area contributed by atoms with Crippen LogP contribution in [0.25, 0.3) is 21.8 Å². The van der Waals surface area contributed by atoms with Gasteiger partial charge in [-0.25, -0.2) is 4.98 Å². The number of fused-ring (bicyclic) bond motifs is 1. The van der Waals surface area contributed by atoms with Crippen molar-refractivity contribution >= 4 is 17.1 Å². The Morgan fingerprint density at radius 3 is 2.42 bits per heavy atom. The van der Waals surface area contributed by atoms with Crippen LogP contribution in [0.3, 0.4) is 0 Å². The van der Waals surface area contributed by atoms with E-state index in [1.165, 1.54) is 16.9 Å². The minimum atomic E-state index is -0.190. The van der Waals surface area contributed by atoms with Gasteiger partial charge in [0.25, 0.3) is 5.56 Å². The number of carbonyl (C=O) groups excluding carboxylic acids is 1. The van der Waals surface area contributed by atoms with Gasteiger partial charge in [0.15, 0.2) is 5.78 Å². The molecule has 0 unspecified atom stereocenters. The van der Waals surface area contributed by atoms with E-state index in [0.717, 1.165) is 27.4 Å². The van der Waals surface area contributed by atoms with E-state index in [4.69, 9.17) is 4.98 Å². The molecule has 0 amide bonds. The van der Waals surface area contributed by atoms with E-state index in [9.17, 15) is 9.59 Å². The largest absolute Gasteiger partial charge is 0.325 e. The molecule has 1 atom stereocenters. The minimum Gasteiger partial charge on any atom is -0.325 e. The highest BCUT2D eigenvalue weighted by Gasteiger charge is 2.28. The van der Waals surface area contributed by atoms with Crippen molar-refractivity contribution in [3.05, 3.63) is 98.3 Å². The van der Waals surface area contributed by atoms with Crippen LogP contribution in [0.15, 0.2) is 65.5 Å². The standard InChI is InChI=1S/C26H22N2O2S/c1-15-8-10-18(11-9-15)24-16(2)31-26(28-24)21-14-20-22(27-25(21)30)12-19(13-23(20)29)17-6-4-3-5-7-17/h3-11,14,19H,12-13H2,1-2H3,(H,27,30)/t19-/m1/s1. The van der Waals surface area contributed by atoms with Gasteiger partial charge in [0, 0.05) is 28.1 Å². The van der Waals surface area contributed by atoms with Gasteiger partial charge in [0.2, 0.25) is 0 Å². The number of nitrogens with zero attached hydrogens (tertiary/aromatic N) is 1. The fourth-order valence-corrected chi connectivity index (χ4v) is 5.19. The van der Waals surface area contributed by atoms with Crippen molar-refractivity contribution < 1.29 is 4.79 Å². The third-order valence-corrected chi connectivity index (χ3v) is 6.93. The van der Waals surface area contributed by atoms with Crippen LogP contribution in [0.5, 0.6) is 0 Å². The van der Waals surface area contributed by atoms with Gasteiger partial charge in [-0.15, -0.1) is 11.3 Å². The summed E-state index contributed by atoms with van der Waals surface area (Å²) in [5.74, 6) is 0.164. The van der Waals surface area contributed by atoms with Crippen molar-refractivity contribution in [3.63, 3.8) is 0 Å². The van der Waals surface area contributed by atoms with E-state index in [0.29, 0.717) is 29.0 Å². The zero-order valence-corrected chi connectivity index (χ0v) is 18.3. The summed E-state index contributed by atoms with van der Waals surface area (Å²) in [4.78, 5) is 34.7. The smallest absolute Gasteiger partial charge is 0.258 e. The Balaban J connectivity index is 1.52. The van der Waals surface area contributed by atoms with Crippen LogP contribution >= 0.6 is 11.3 Å². The fourth-order valence-electron chi connectivity index (χ4n) is 4.24. The van der Waals surface area contributed by atoms with E-state index < -0.39 is 0 Å². The molecule has 4 nitrogen and oxygen atoms in total. The van der Waals surface area contributed by atoms with Gasteiger partial charge >= 0.3 is 0 Å². The van der Waals surface area contributed by atoms with Gasteiger partial charge in [-0.1, -0.05) is 60.2 Å². The van der Waals surface area contributed by atoms with Crippen LogP contribution in [-0.2, 0) is 6.42 Å². The molecule has 0 bridgehead atoms. The second kappa shape index (κ2) is 7.75. The summed E-state index contributed by atoms with van der Waals surface area (Å²) in [7, 11) is 0. The van der Waals surface area contributed by atoms with Crippen molar-refractivity contribution in [3.8, 4) is 21.8 Å². The highest BCUT2D eigenvalue weighted by Crippen LogP contribution is 2.35. The SMILES string of the molecule is Cc1ccc(-c2nc(-c3cc4c([nH]c3=O)C[C@@H](c3ccccc3)CC4=O)sc2C)cc1. The molecule has 2 aromatic carbocycles. The van der Waals surface area contributed by atoms with Gasteiger partial charge in [0.05, 0.1) is 11.3 Å². The van der Waals surface area contributed by atoms with Crippen LogP contribution in [-0.4, -0.2) is 15.8 Å². The number of pyridine rings is 1. The quantitative estimate of drug-likeness (QED) is 0.457. The molecule has 2 aromatic heterocycles. The first-order valence-corrected chi connectivity index (χ1v) is 11.2. The molecule has 1 aliphatic rings. The molecule has 0 aliphatic heterocycles. The molecule has 154 valence electrons. The topological polar surface area (TPSA) is 62.8 Å². The lowest BCUT2D eigenvalue weighted by atomic mass is 9.81. The fraction of sp³-hybridized carbons (Fsp3) is 0.192. The molecular formula is C26H22N2O2S. The monoisotopic (exact) mass is 426 g/mol. The Bertz CT molecular complexity index is 1330. The number of nitrogens with one attached hydrogen (secondary N) is 1. The van der Waals surface area contributed by atoms with Crippen molar-refractivity contribution in [1.82, 2.24) is 9.97 Å². The number of aromatic nitrogens is 2. The summed E-state index contributed by atoms with van der Waals surface area (Å²) < 4.78 is 0. The molecule has 31 heavy (non-hydrogen) atoms. The Labute approximate surface area is 184 Å². The van der Waals surface area contributed by atoms with Gasteiger partial charge in [-0.2, -0.15) is 0 Å². The second-order valence-corrected chi connectivity index (χ2v) is 9.34. The number of rotatable bonds is 3. The van der Waals surface area contributed by atoms with E-state index in [-0.39, 0.29) is 17.3 Å². The second-order valence-electron chi connectivity index (χ2n) is 8.13. The number of Topliss-reactive ketones (excluding diaryl/α,β-unsaturated/α-hetero) is 1. The average molecular weight is 427 g/mol. The number of aromatic amines is 1. The van der Waals surface area contributed by atoms with Gasteiger partial charge in [-0.05, 0) is 37.8 Å². The van der Waals surface area contributed by atoms with Crippen molar-refractivity contribution in [2.24, 2.45) is 0 Å². The molecule has 1 N–H and O–H groups in total. The van der Waals surface area contributed by atoms with Crippen LogP contribution < -0.4 is 5.56 Å². The summed E-state index contributed by atoms with van der Waals surface area (Å²) in [5.41, 5.74) is 5.85. The van der Waals surface area contributed by atoms with Crippen LogP contribution in [0.1, 0.15) is 44.4 Å². The molecule has 0 fully saturated rings. The highest BCUT2D eigenvalue weighted by atomic mass is 32.1. The third kappa shape index (κ3) is 3.66. The highest BCUT2D eigenvalue weighted by molar-refractivity contribution is 7.15. The maximum Gasteiger partial charge on any atom is 0.258 e. The number of benzene rings is 2. The Morgan fingerprint density at radius 1 is 0.935 bits per heavy atom. The summed E-state index contributed by atoms with van der Waals surface area (Å²) in [5, 5.41) is 0.648. The number of hydrogen-bond acceptors (Lipinski definition) is 4. The van der Waals surface area contributed by atoms with Crippen molar-refractivity contribution in [2.75, 3.05) is 0 Å². The summed E-state index contributed by atoms with van der Waals surface area (Å²) >= 11 is 1.49. The van der Waals surface area contributed by atoms with Crippen molar-refractivity contribution in [2.45, 2.75) is 32.6 Å². The van der Waals surface area contributed by atoms with Gasteiger partial charge < -0.3 is 4.98 Å². The molecule has 0 saturated carbocycles. The first-order chi connectivity index (χ1) is 15.0. The molecule has 5 heteroatoms. The lowest BCUT2D eigenvalue weighted by Crippen LogP contribution is -2.24. The zero-order chi connectivity index (χ0) is 21.5. The molecule has 0 saturated heterocycles. The number of carbonyl (C=O) groups is 1. The number of aryl methyl sites for hydroxylation is 2. The van der Waals surface area contributed by atoms with E-state index >= 15 is 0 Å². The first-order valence-electron chi connectivity index (χ1n) is 10.4. The predicted octanol–water partition coefficient (Wildman–Crippen LogP) is 5.69. The normalized spacial score (nSPS) is 15.7. The molecule has 2 heterocycles. The number of ketones is 1. The summed E-state index contributed by atoms with van der Waals surface area (Å²) in [6.07, 6.45) is 1.11. The van der Waals surface area contributed by atoms with Gasteiger partial charge in [0.1, 0.15) is 5.01 Å². The maximum absolute atomic E-state index is 13.0. The number of thiazole rings is 1. The van der Waals surface area contributed by atoms with Crippen LogP contribution in [0.4, 0.5) is 0 Å². The zero-order valence-electron chi connectivity index (χ0n) is 17.4. The summed E-state index contributed by atoms with van der Waals surface area (Å²) in [6.45, 7) is 4.06. The Hall–Kier alpha value is -3.31. The first kappa shape index (κ1) is 19.6. The summed E-state index contributed by atoms with van der Waals surface area (Å²) in [6, 6.07) is 20.0. The third-order valence-electron chi connectivity index (χ3n) is 5.93. The van der Waals surface area contributed by atoms with E-state index in [2.05, 4.69) is 24.0 Å². The number of hydrogen-bond donors (Lipinski definition) is 1. The maximum atomic E-state index is 13.0. The molecule has 0 radical (unpaired) electrons. The lowest BCUT2D eigenvalue weighted by molar-refractivity contribution is 0.0963. The molecule has 4 aromatic rings. The van der Waals surface area contributed by atoms with Crippen LogP contribution in [0, 0.1) is 13.8 Å². The minimum absolute atomic E-state index is 0.0691. The number of H-pyrrole nitrogens is 1. The van der Waals surface area contributed by atoms with E-state index in [1.807, 2.05) is 49.4 Å². The van der Waals surface area contributed by atoms with Crippen LogP contribution in [0.2, 0.25) is 0 Å². The molecule has 1 aliphatic carbocycles.